The van der Waals surface area contributed by atoms with Crippen LogP contribution in [0.2, 0.25) is 4.34 Å². The molecular weight excluding hydrogens is 467 g/mol. The summed E-state index contributed by atoms with van der Waals surface area (Å²) >= 11 is 7.13. The number of halogens is 4. The number of anilines is 1. The summed E-state index contributed by atoms with van der Waals surface area (Å²) in [5.41, 5.74) is 0.387. The highest BCUT2D eigenvalue weighted by Crippen LogP contribution is 2.28. The standard InChI is InChI=1S/C20H11ClF3N5O2S/c21-18-12(3-1-11-2-4-17-27-25-10-29(17)7-11)5-15(32-18)19(30)26-13-6-14(22)20(31)28(8-13)9-16(23)24/h2,4-8,10,16H,9H2,(H,26,30). The molecule has 0 aliphatic rings. The molecule has 0 fully saturated rings. The Kier molecular flexibility index (Phi) is 5.98. The fourth-order valence-electron chi connectivity index (χ4n) is 2.75. The van der Waals surface area contributed by atoms with Gasteiger partial charge < -0.3 is 9.88 Å². The Morgan fingerprint density at radius 1 is 1.25 bits per heavy atom. The molecule has 0 saturated carbocycles. The molecule has 0 aromatic carbocycles. The highest BCUT2D eigenvalue weighted by molar-refractivity contribution is 7.18. The van der Waals surface area contributed by atoms with Gasteiger partial charge in [-0.15, -0.1) is 21.5 Å². The zero-order valence-corrected chi connectivity index (χ0v) is 17.4. The summed E-state index contributed by atoms with van der Waals surface area (Å²) < 4.78 is 41.4. The molecule has 0 atom stereocenters. The van der Waals surface area contributed by atoms with Crippen LogP contribution in [0.5, 0.6) is 0 Å². The van der Waals surface area contributed by atoms with Crippen LogP contribution in [0.1, 0.15) is 20.8 Å². The Morgan fingerprint density at radius 2 is 2.06 bits per heavy atom. The van der Waals surface area contributed by atoms with E-state index in [1.807, 2.05) is 0 Å². The lowest BCUT2D eigenvalue weighted by Crippen LogP contribution is -2.26. The SMILES string of the molecule is O=C(Nc1cc(F)c(=O)n(CC(F)F)c1)c1cc(C#Cc2ccc3nncn3c2)c(Cl)s1. The van der Waals surface area contributed by atoms with Gasteiger partial charge in [0, 0.05) is 24.0 Å². The van der Waals surface area contributed by atoms with Gasteiger partial charge in [0.15, 0.2) is 11.5 Å². The second kappa shape index (κ2) is 8.86. The molecule has 4 rings (SSSR count). The average Bonchev–Trinajstić information content (AvgIpc) is 3.35. The van der Waals surface area contributed by atoms with Gasteiger partial charge in [-0.2, -0.15) is 0 Å². The number of thiophene rings is 1. The molecule has 4 aromatic rings. The molecule has 0 radical (unpaired) electrons. The van der Waals surface area contributed by atoms with E-state index in [0.717, 1.165) is 23.6 Å². The number of amides is 1. The molecule has 0 bridgehead atoms. The maximum atomic E-state index is 13.8. The lowest BCUT2D eigenvalue weighted by atomic mass is 10.2. The van der Waals surface area contributed by atoms with Gasteiger partial charge in [-0.1, -0.05) is 23.4 Å². The average molecular weight is 478 g/mol. The van der Waals surface area contributed by atoms with Crippen LogP contribution in [0, 0.1) is 17.7 Å². The van der Waals surface area contributed by atoms with E-state index in [1.165, 1.54) is 12.4 Å². The van der Waals surface area contributed by atoms with Crippen LogP contribution < -0.4 is 10.9 Å². The number of fused-ring (bicyclic) bond motifs is 1. The third-order valence-electron chi connectivity index (χ3n) is 4.18. The molecule has 0 saturated heterocycles. The Bertz CT molecular complexity index is 1450. The van der Waals surface area contributed by atoms with Gasteiger partial charge in [-0.25, -0.2) is 13.2 Å². The largest absolute Gasteiger partial charge is 0.320 e. The number of nitrogens with one attached hydrogen (secondary N) is 1. The van der Waals surface area contributed by atoms with E-state index < -0.39 is 30.3 Å². The smallest absolute Gasteiger partial charge is 0.286 e. The second-order valence-corrected chi connectivity index (χ2v) is 8.10. The maximum absolute atomic E-state index is 13.8. The van der Waals surface area contributed by atoms with Crippen molar-refractivity contribution >= 4 is 40.2 Å². The molecule has 162 valence electrons. The van der Waals surface area contributed by atoms with Crippen LogP contribution in [-0.4, -0.2) is 31.5 Å². The lowest BCUT2D eigenvalue weighted by molar-refractivity contribution is 0.103. The lowest BCUT2D eigenvalue weighted by Gasteiger charge is -2.09. The molecule has 12 heteroatoms. The number of rotatable bonds is 4. The topological polar surface area (TPSA) is 81.3 Å². The first-order valence-corrected chi connectivity index (χ1v) is 10.1. The number of carbonyl (C=O) groups is 1. The summed E-state index contributed by atoms with van der Waals surface area (Å²) in [5, 5.41) is 10.1. The van der Waals surface area contributed by atoms with Crippen molar-refractivity contribution in [1.82, 2.24) is 19.2 Å². The van der Waals surface area contributed by atoms with Crippen molar-refractivity contribution in [2.45, 2.75) is 13.0 Å². The van der Waals surface area contributed by atoms with E-state index in [0.29, 0.717) is 21.3 Å². The number of pyridine rings is 2. The van der Waals surface area contributed by atoms with Crippen LogP contribution in [0.25, 0.3) is 5.65 Å². The molecule has 1 amide bonds. The van der Waals surface area contributed by atoms with Crippen molar-refractivity contribution in [2.24, 2.45) is 0 Å². The maximum Gasteiger partial charge on any atom is 0.286 e. The van der Waals surface area contributed by atoms with E-state index in [-0.39, 0.29) is 14.9 Å². The van der Waals surface area contributed by atoms with Gasteiger partial charge >= 0.3 is 0 Å². The van der Waals surface area contributed by atoms with Crippen molar-refractivity contribution in [3.63, 3.8) is 0 Å². The van der Waals surface area contributed by atoms with Gasteiger partial charge in [0.1, 0.15) is 10.7 Å². The number of carbonyl (C=O) groups excluding carboxylic acids is 1. The number of nitrogens with zero attached hydrogens (tertiary/aromatic N) is 4. The van der Waals surface area contributed by atoms with Crippen LogP contribution in [0.3, 0.4) is 0 Å². The van der Waals surface area contributed by atoms with Crippen molar-refractivity contribution in [3.8, 4) is 11.8 Å². The third-order valence-corrected chi connectivity index (χ3v) is 5.54. The van der Waals surface area contributed by atoms with Crippen LogP contribution >= 0.6 is 22.9 Å². The Hall–Kier alpha value is -3.62. The first kappa shape index (κ1) is 21.6. The van der Waals surface area contributed by atoms with E-state index in [9.17, 15) is 22.8 Å². The van der Waals surface area contributed by atoms with Gasteiger partial charge in [0.25, 0.3) is 17.9 Å². The van der Waals surface area contributed by atoms with E-state index in [4.69, 9.17) is 11.6 Å². The first-order valence-electron chi connectivity index (χ1n) is 8.90. The van der Waals surface area contributed by atoms with Gasteiger partial charge in [0.05, 0.1) is 22.7 Å². The number of alkyl halides is 2. The van der Waals surface area contributed by atoms with Crippen LogP contribution in [-0.2, 0) is 6.54 Å². The molecule has 7 nitrogen and oxygen atoms in total. The molecule has 0 aliphatic carbocycles. The van der Waals surface area contributed by atoms with Crippen LogP contribution in [0.4, 0.5) is 18.9 Å². The molecule has 4 heterocycles. The zero-order chi connectivity index (χ0) is 22.8. The summed E-state index contributed by atoms with van der Waals surface area (Å²) in [5.74, 6) is 3.89. The summed E-state index contributed by atoms with van der Waals surface area (Å²) in [7, 11) is 0. The summed E-state index contributed by atoms with van der Waals surface area (Å²) in [6.07, 6.45) is 1.36. The molecule has 0 aliphatic heterocycles. The molecule has 0 spiro atoms. The van der Waals surface area contributed by atoms with Gasteiger partial charge in [-0.3, -0.25) is 14.0 Å². The fourth-order valence-corrected chi connectivity index (χ4v) is 3.84. The first-order chi connectivity index (χ1) is 15.3. The minimum absolute atomic E-state index is 0.146. The second-order valence-electron chi connectivity index (χ2n) is 6.44. The molecule has 1 N–H and O–H groups in total. The Labute approximate surface area is 187 Å². The van der Waals surface area contributed by atoms with E-state index in [1.54, 1.807) is 22.7 Å². The quantitative estimate of drug-likeness (QED) is 0.455. The van der Waals surface area contributed by atoms with Crippen molar-refractivity contribution in [3.05, 3.63) is 79.5 Å². The summed E-state index contributed by atoms with van der Waals surface area (Å²) in [6.45, 7) is -0.995. The Morgan fingerprint density at radius 3 is 2.84 bits per heavy atom. The minimum Gasteiger partial charge on any atom is -0.320 e. The van der Waals surface area contributed by atoms with Crippen molar-refractivity contribution in [1.29, 1.82) is 0 Å². The van der Waals surface area contributed by atoms with Crippen molar-refractivity contribution < 1.29 is 18.0 Å². The molecule has 32 heavy (non-hydrogen) atoms. The van der Waals surface area contributed by atoms with E-state index >= 15 is 0 Å². The van der Waals surface area contributed by atoms with Crippen LogP contribution in [0.15, 0.2) is 47.8 Å². The van der Waals surface area contributed by atoms with Gasteiger partial charge in [0.2, 0.25) is 0 Å². The molecule has 0 unspecified atom stereocenters. The molecule has 4 aromatic heterocycles. The summed E-state index contributed by atoms with van der Waals surface area (Å²) in [4.78, 5) is 24.3. The highest BCUT2D eigenvalue weighted by atomic mass is 35.5. The van der Waals surface area contributed by atoms with E-state index in [2.05, 4.69) is 27.4 Å². The highest BCUT2D eigenvalue weighted by Gasteiger charge is 2.16. The third kappa shape index (κ3) is 4.66. The Balaban J connectivity index is 1.54. The number of hydrogen-bond donors (Lipinski definition) is 1. The molecular formula is C20H11ClF3N5O2S. The number of aromatic nitrogens is 4. The minimum atomic E-state index is -2.86. The summed E-state index contributed by atoms with van der Waals surface area (Å²) in [6, 6.07) is 5.73. The fraction of sp³-hybridized carbons (Fsp3) is 0.100. The normalized spacial score (nSPS) is 10.9. The predicted octanol–water partition coefficient (Wildman–Crippen LogP) is 3.66. The monoisotopic (exact) mass is 477 g/mol. The zero-order valence-electron chi connectivity index (χ0n) is 15.9. The predicted molar refractivity (Wildman–Crippen MR) is 113 cm³/mol. The van der Waals surface area contributed by atoms with Crippen molar-refractivity contribution in [2.75, 3.05) is 5.32 Å². The van der Waals surface area contributed by atoms with Gasteiger partial charge in [-0.05, 0) is 18.2 Å². The number of hydrogen-bond acceptors (Lipinski definition) is 5.